The van der Waals surface area contributed by atoms with Gasteiger partial charge in [-0.2, -0.15) is 0 Å². The van der Waals surface area contributed by atoms with Gasteiger partial charge in [0, 0.05) is 26.2 Å². The average molecular weight is 155 g/mol. The zero-order valence-corrected chi connectivity index (χ0v) is 6.79. The highest BCUT2D eigenvalue weighted by Crippen LogP contribution is 1.97. The summed E-state index contributed by atoms with van der Waals surface area (Å²) in [6.45, 7) is 5.54. The van der Waals surface area contributed by atoms with Gasteiger partial charge in [-0.1, -0.05) is 0 Å². The maximum absolute atomic E-state index is 5.21. The van der Waals surface area contributed by atoms with Crippen LogP contribution in [0.1, 0.15) is 6.42 Å². The zero-order valence-electron chi connectivity index (χ0n) is 6.79. The summed E-state index contributed by atoms with van der Waals surface area (Å²) in [5.41, 5.74) is 0. The summed E-state index contributed by atoms with van der Waals surface area (Å²) in [7, 11) is 4.90. The maximum atomic E-state index is 5.21. The van der Waals surface area contributed by atoms with Crippen LogP contribution in [0.3, 0.4) is 0 Å². The Labute approximate surface area is 69.1 Å². The lowest BCUT2D eigenvalue weighted by Gasteiger charge is -2.26. The van der Waals surface area contributed by atoms with E-state index in [9.17, 15) is 0 Å². The first kappa shape index (κ1) is 9.04. The molecule has 1 rings (SSSR count). The van der Waals surface area contributed by atoms with Gasteiger partial charge >= 0.3 is 0 Å². The lowest BCUT2D eigenvalue weighted by Crippen LogP contribution is -2.37. The molecule has 1 fully saturated rings. The Kier molecular flexibility index (Phi) is 4.58. The van der Waals surface area contributed by atoms with Crippen molar-refractivity contribution in [2.24, 2.45) is 0 Å². The van der Waals surface area contributed by atoms with E-state index < -0.39 is 0 Å². The molecule has 1 aliphatic heterocycles. The van der Waals surface area contributed by atoms with Crippen LogP contribution in [0, 0.1) is 0 Å². The van der Waals surface area contributed by atoms with E-state index in [4.69, 9.17) is 12.8 Å². The standard InChI is InChI=1S/C7H14BNO2/c8-11-5-1-2-9-3-6-10-7-4-9/h1-7H2. The Bertz CT molecular complexity index is 96.4. The van der Waals surface area contributed by atoms with Crippen molar-refractivity contribution in [1.82, 2.24) is 4.90 Å². The molecule has 0 amide bonds. The number of hydrogen-bond acceptors (Lipinski definition) is 3. The first-order valence-corrected chi connectivity index (χ1v) is 4.05. The van der Waals surface area contributed by atoms with E-state index in [-0.39, 0.29) is 0 Å². The third kappa shape index (κ3) is 3.75. The highest BCUT2D eigenvalue weighted by molar-refractivity contribution is 5.97. The number of ether oxygens (including phenoxy) is 1. The summed E-state index contributed by atoms with van der Waals surface area (Å²) in [6, 6.07) is 0. The number of morpholine rings is 1. The van der Waals surface area contributed by atoms with Crippen molar-refractivity contribution in [3.63, 3.8) is 0 Å². The van der Waals surface area contributed by atoms with Gasteiger partial charge in [0.25, 0.3) is 8.05 Å². The van der Waals surface area contributed by atoms with Crippen LogP contribution in [0.2, 0.25) is 0 Å². The van der Waals surface area contributed by atoms with Gasteiger partial charge in [-0.05, 0) is 6.42 Å². The third-order valence-electron chi connectivity index (χ3n) is 1.84. The second kappa shape index (κ2) is 5.58. The van der Waals surface area contributed by atoms with Crippen molar-refractivity contribution >= 4 is 8.05 Å². The van der Waals surface area contributed by atoms with Crippen LogP contribution in [-0.2, 0) is 9.39 Å². The molecule has 0 aromatic carbocycles. The minimum absolute atomic E-state index is 0.650. The number of rotatable bonds is 4. The molecule has 0 N–H and O–H groups in total. The normalized spacial score (nSPS) is 20.4. The molecule has 62 valence electrons. The van der Waals surface area contributed by atoms with Gasteiger partial charge in [0.2, 0.25) is 0 Å². The van der Waals surface area contributed by atoms with E-state index in [0.717, 1.165) is 39.3 Å². The molecule has 0 unspecified atom stereocenters. The highest BCUT2D eigenvalue weighted by atomic mass is 16.5. The lowest BCUT2D eigenvalue weighted by atomic mass is 10.3. The Hall–Kier alpha value is -0.0551. The topological polar surface area (TPSA) is 21.7 Å². The van der Waals surface area contributed by atoms with E-state index in [1.807, 2.05) is 0 Å². The predicted octanol–water partition coefficient (Wildman–Crippen LogP) is -0.191. The summed E-state index contributed by atoms with van der Waals surface area (Å²) in [5.74, 6) is 0. The van der Waals surface area contributed by atoms with Crippen LogP contribution in [0.15, 0.2) is 0 Å². The molecule has 11 heavy (non-hydrogen) atoms. The van der Waals surface area contributed by atoms with Gasteiger partial charge in [-0.3, -0.25) is 4.90 Å². The molecule has 0 spiro atoms. The molecule has 0 aliphatic carbocycles. The van der Waals surface area contributed by atoms with E-state index in [2.05, 4.69) is 9.55 Å². The van der Waals surface area contributed by atoms with E-state index >= 15 is 0 Å². The number of nitrogens with zero attached hydrogens (tertiary/aromatic N) is 1. The summed E-state index contributed by atoms with van der Waals surface area (Å²) in [5, 5.41) is 0. The molecule has 3 nitrogen and oxygen atoms in total. The van der Waals surface area contributed by atoms with Crippen molar-refractivity contribution in [3.05, 3.63) is 0 Å². The van der Waals surface area contributed by atoms with Crippen molar-refractivity contribution in [3.8, 4) is 0 Å². The van der Waals surface area contributed by atoms with E-state index in [1.165, 1.54) is 0 Å². The minimum atomic E-state index is 0.650. The average Bonchev–Trinajstić information content (AvgIpc) is 2.07. The van der Waals surface area contributed by atoms with Gasteiger partial charge in [0.05, 0.1) is 13.2 Å². The molecule has 1 aliphatic rings. The SMILES string of the molecule is [B]OCCCN1CCOCC1. The smallest absolute Gasteiger partial charge is 0.282 e. The van der Waals surface area contributed by atoms with E-state index in [0.29, 0.717) is 6.61 Å². The van der Waals surface area contributed by atoms with Crippen LogP contribution < -0.4 is 0 Å². The molecule has 1 saturated heterocycles. The van der Waals surface area contributed by atoms with Gasteiger partial charge < -0.3 is 9.39 Å². The van der Waals surface area contributed by atoms with Gasteiger partial charge in [-0.25, -0.2) is 0 Å². The molecular formula is C7H14BNO2. The Morgan fingerprint density at radius 2 is 2.09 bits per heavy atom. The highest BCUT2D eigenvalue weighted by Gasteiger charge is 2.08. The Morgan fingerprint density at radius 1 is 1.36 bits per heavy atom. The molecule has 0 saturated carbocycles. The first-order chi connectivity index (χ1) is 5.43. The molecule has 1 heterocycles. The lowest BCUT2D eigenvalue weighted by molar-refractivity contribution is 0.0359. The second-order valence-electron chi connectivity index (χ2n) is 2.68. The fourth-order valence-electron chi connectivity index (χ4n) is 1.20. The molecule has 0 aromatic rings. The fraction of sp³-hybridized carbons (Fsp3) is 1.00. The van der Waals surface area contributed by atoms with Crippen LogP contribution >= 0.6 is 0 Å². The molecule has 0 atom stereocenters. The van der Waals surface area contributed by atoms with Crippen molar-refractivity contribution in [2.45, 2.75) is 6.42 Å². The largest absolute Gasteiger partial charge is 0.448 e. The third-order valence-corrected chi connectivity index (χ3v) is 1.84. The zero-order chi connectivity index (χ0) is 7.94. The van der Waals surface area contributed by atoms with Crippen molar-refractivity contribution in [1.29, 1.82) is 0 Å². The van der Waals surface area contributed by atoms with Crippen LogP contribution in [-0.4, -0.2) is 52.4 Å². The second-order valence-corrected chi connectivity index (χ2v) is 2.68. The number of hydrogen-bond donors (Lipinski definition) is 0. The molecule has 2 radical (unpaired) electrons. The van der Waals surface area contributed by atoms with Gasteiger partial charge in [0.1, 0.15) is 0 Å². The van der Waals surface area contributed by atoms with Crippen molar-refractivity contribution in [2.75, 3.05) is 39.5 Å². The summed E-state index contributed by atoms with van der Waals surface area (Å²) >= 11 is 0. The van der Waals surface area contributed by atoms with Crippen molar-refractivity contribution < 1.29 is 9.39 Å². The predicted molar refractivity (Wildman–Crippen MR) is 43.6 cm³/mol. The summed E-state index contributed by atoms with van der Waals surface area (Å²) in [4.78, 5) is 2.36. The summed E-state index contributed by atoms with van der Waals surface area (Å²) in [6.07, 6.45) is 1.01. The minimum Gasteiger partial charge on any atom is -0.448 e. The fourth-order valence-corrected chi connectivity index (χ4v) is 1.20. The van der Waals surface area contributed by atoms with Gasteiger partial charge in [-0.15, -0.1) is 0 Å². The molecular weight excluding hydrogens is 141 g/mol. The van der Waals surface area contributed by atoms with Crippen LogP contribution in [0.5, 0.6) is 0 Å². The molecule has 0 bridgehead atoms. The van der Waals surface area contributed by atoms with Gasteiger partial charge in [0.15, 0.2) is 0 Å². The van der Waals surface area contributed by atoms with Crippen LogP contribution in [0.25, 0.3) is 0 Å². The first-order valence-electron chi connectivity index (χ1n) is 4.05. The summed E-state index contributed by atoms with van der Waals surface area (Å²) < 4.78 is 9.68. The monoisotopic (exact) mass is 155 g/mol. The Morgan fingerprint density at radius 3 is 2.73 bits per heavy atom. The maximum Gasteiger partial charge on any atom is 0.282 e. The van der Waals surface area contributed by atoms with E-state index in [1.54, 1.807) is 0 Å². The molecule has 4 heteroatoms. The van der Waals surface area contributed by atoms with Crippen LogP contribution in [0.4, 0.5) is 0 Å². The quantitative estimate of drug-likeness (QED) is 0.414. The molecule has 0 aromatic heterocycles. The Balaban J connectivity index is 1.96.